The lowest BCUT2D eigenvalue weighted by Gasteiger charge is -2.38. The van der Waals surface area contributed by atoms with Gasteiger partial charge in [0.2, 0.25) is 5.91 Å². The van der Waals surface area contributed by atoms with Crippen LogP contribution in [0.4, 0.5) is 0 Å². The van der Waals surface area contributed by atoms with Gasteiger partial charge in [-0.25, -0.2) is 0 Å². The highest BCUT2D eigenvalue weighted by molar-refractivity contribution is 6.74. The zero-order valence-electron chi connectivity index (χ0n) is 13.2. The van der Waals surface area contributed by atoms with Gasteiger partial charge in [-0.2, -0.15) is 0 Å². The van der Waals surface area contributed by atoms with E-state index < -0.39 is 20.3 Å². The Morgan fingerprint density at radius 3 is 2.45 bits per heavy atom. The molecule has 116 valence electrons. The molecular weight excluding hydrogens is 276 g/mol. The van der Waals surface area contributed by atoms with E-state index >= 15 is 0 Å². The van der Waals surface area contributed by atoms with E-state index in [0.29, 0.717) is 6.54 Å². The number of nitrogens with zero attached hydrogens (tertiary/aromatic N) is 1. The van der Waals surface area contributed by atoms with E-state index in [-0.39, 0.29) is 23.6 Å². The summed E-state index contributed by atoms with van der Waals surface area (Å²) < 4.78 is 10.8. The first-order valence-electron chi connectivity index (χ1n) is 6.78. The molecule has 0 saturated carbocycles. The number of rotatable bonds is 4. The molecule has 2 atom stereocenters. The fraction of sp³-hybridized carbons (Fsp3) is 0.846. The number of esters is 1. The minimum atomic E-state index is -1.99. The predicted molar refractivity (Wildman–Crippen MR) is 78.6 cm³/mol. The highest BCUT2D eigenvalue weighted by Crippen LogP contribution is 2.38. The van der Waals surface area contributed by atoms with E-state index in [1.807, 2.05) is 0 Å². The SMILES string of the molecule is COC(=O)CN1C[C@H](O[Si](C)(C)C(C)(C)C)[C@H](N)C1=O. The van der Waals surface area contributed by atoms with Gasteiger partial charge in [-0.05, 0) is 18.1 Å². The molecule has 0 unspecified atom stereocenters. The van der Waals surface area contributed by atoms with E-state index in [0.717, 1.165) is 0 Å². The third kappa shape index (κ3) is 3.59. The monoisotopic (exact) mass is 302 g/mol. The predicted octanol–water partition coefficient (Wildman–Crippen LogP) is 0.719. The van der Waals surface area contributed by atoms with Crippen LogP contribution in [0.2, 0.25) is 18.1 Å². The smallest absolute Gasteiger partial charge is 0.325 e. The summed E-state index contributed by atoms with van der Waals surface area (Å²) in [5, 5.41) is 0.0472. The number of nitrogens with two attached hydrogens (primary N) is 1. The highest BCUT2D eigenvalue weighted by atomic mass is 28.4. The summed E-state index contributed by atoms with van der Waals surface area (Å²) in [5.74, 6) is -0.697. The van der Waals surface area contributed by atoms with Gasteiger partial charge in [0.05, 0.1) is 13.2 Å². The molecule has 1 amide bonds. The van der Waals surface area contributed by atoms with Crippen molar-refractivity contribution in [2.24, 2.45) is 5.73 Å². The van der Waals surface area contributed by atoms with Crippen LogP contribution in [-0.4, -0.2) is 57.4 Å². The Bertz CT molecular complexity index is 392. The first kappa shape index (κ1) is 17.1. The number of hydrogen-bond donors (Lipinski definition) is 1. The summed E-state index contributed by atoms with van der Waals surface area (Å²) >= 11 is 0. The van der Waals surface area contributed by atoms with Crippen LogP contribution >= 0.6 is 0 Å². The quantitative estimate of drug-likeness (QED) is 0.611. The molecule has 2 N–H and O–H groups in total. The van der Waals surface area contributed by atoms with Gasteiger partial charge in [0.25, 0.3) is 0 Å². The number of likely N-dealkylation sites (tertiary alicyclic amines) is 1. The van der Waals surface area contributed by atoms with Crippen molar-refractivity contribution in [2.75, 3.05) is 20.2 Å². The molecule has 0 spiro atoms. The van der Waals surface area contributed by atoms with E-state index in [4.69, 9.17) is 10.2 Å². The molecule has 1 rings (SSSR count). The fourth-order valence-corrected chi connectivity index (χ4v) is 3.15. The maximum atomic E-state index is 12.0. The normalized spacial score (nSPS) is 24.1. The topological polar surface area (TPSA) is 81.9 Å². The molecule has 1 fully saturated rings. The largest absolute Gasteiger partial charge is 0.468 e. The van der Waals surface area contributed by atoms with E-state index in [2.05, 4.69) is 38.6 Å². The molecule has 0 bridgehead atoms. The Morgan fingerprint density at radius 2 is 2.00 bits per heavy atom. The average Bonchev–Trinajstić information content (AvgIpc) is 2.55. The maximum absolute atomic E-state index is 12.0. The second kappa shape index (κ2) is 5.83. The Kier molecular flexibility index (Phi) is 4.99. The van der Waals surface area contributed by atoms with Gasteiger partial charge < -0.3 is 19.8 Å². The number of ether oxygens (including phenoxy) is 1. The van der Waals surface area contributed by atoms with Gasteiger partial charge in [-0.3, -0.25) is 9.59 Å². The van der Waals surface area contributed by atoms with Crippen LogP contribution in [0.25, 0.3) is 0 Å². The van der Waals surface area contributed by atoms with Crippen LogP contribution in [0.15, 0.2) is 0 Å². The van der Waals surface area contributed by atoms with Crippen molar-refractivity contribution >= 4 is 20.2 Å². The van der Waals surface area contributed by atoms with Gasteiger partial charge >= 0.3 is 5.97 Å². The van der Waals surface area contributed by atoms with E-state index in [1.165, 1.54) is 12.0 Å². The molecule has 6 nitrogen and oxygen atoms in total. The summed E-state index contributed by atoms with van der Waals surface area (Å²) in [6.07, 6.45) is -0.354. The molecule has 1 saturated heterocycles. The van der Waals surface area contributed by atoms with Gasteiger partial charge in [0.1, 0.15) is 12.6 Å². The number of carbonyl (C=O) groups excluding carboxylic acids is 2. The lowest BCUT2D eigenvalue weighted by atomic mass is 10.2. The van der Waals surface area contributed by atoms with Crippen molar-refractivity contribution in [1.29, 1.82) is 0 Å². The first-order chi connectivity index (χ1) is 8.99. The molecule has 1 aliphatic rings. The van der Waals surface area contributed by atoms with Crippen molar-refractivity contribution < 1.29 is 18.8 Å². The zero-order chi connectivity index (χ0) is 15.7. The molecule has 0 aromatic carbocycles. The van der Waals surface area contributed by atoms with Crippen molar-refractivity contribution in [3.8, 4) is 0 Å². The summed E-state index contributed by atoms with van der Waals surface area (Å²) in [6, 6.07) is -0.700. The molecule has 0 aromatic rings. The fourth-order valence-electron chi connectivity index (χ4n) is 1.82. The third-order valence-electron chi connectivity index (χ3n) is 4.20. The van der Waals surface area contributed by atoms with Gasteiger partial charge in [0.15, 0.2) is 8.32 Å². The average molecular weight is 302 g/mol. The molecule has 7 heteroatoms. The van der Waals surface area contributed by atoms with Crippen LogP contribution in [0.5, 0.6) is 0 Å². The van der Waals surface area contributed by atoms with Crippen LogP contribution < -0.4 is 5.73 Å². The Labute approximate surface area is 121 Å². The van der Waals surface area contributed by atoms with Crippen LogP contribution in [-0.2, 0) is 18.8 Å². The van der Waals surface area contributed by atoms with E-state index in [1.54, 1.807) is 0 Å². The molecular formula is C13H26N2O4Si. The Hall–Kier alpha value is -0.923. The standard InChI is InChI=1S/C13H26N2O4Si/c1-13(2,3)20(5,6)19-9-7-15(8-10(16)18-4)12(17)11(9)14/h9,11H,7-8,14H2,1-6H3/t9-,11-/m0/s1. The van der Waals surface area contributed by atoms with Crippen molar-refractivity contribution in [1.82, 2.24) is 4.90 Å². The summed E-state index contributed by atoms with van der Waals surface area (Å²) in [6.45, 7) is 10.9. The lowest BCUT2D eigenvalue weighted by molar-refractivity contribution is -0.145. The molecule has 1 heterocycles. The van der Waals surface area contributed by atoms with Crippen LogP contribution in [0, 0.1) is 0 Å². The van der Waals surface area contributed by atoms with Crippen LogP contribution in [0.1, 0.15) is 20.8 Å². The first-order valence-corrected chi connectivity index (χ1v) is 9.69. The minimum absolute atomic E-state index is 0.0472. The minimum Gasteiger partial charge on any atom is -0.468 e. The number of methoxy groups -OCH3 is 1. The summed E-state index contributed by atoms with van der Waals surface area (Å²) in [7, 11) is -0.696. The maximum Gasteiger partial charge on any atom is 0.325 e. The van der Waals surface area contributed by atoms with Gasteiger partial charge in [0, 0.05) is 6.54 Å². The second-order valence-corrected chi connectivity index (χ2v) is 11.5. The Balaban J connectivity index is 2.75. The van der Waals surface area contributed by atoms with Crippen LogP contribution in [0.3, 0.4) is 0 Å². The molecule has 0 aliphatic carbocycles. The number of hydrogen-bond acceptors (Lipinski definition) is 5. The lowest BCUT2D eigenvalue weighted by Crippen LogP contribution is -2.49. The number of amides is 1. The highest BCUT2D eigenvalue weighted by Gasteiger charge is 2.46. The third-order valence-corrected chi connectivity index (χ3v) is 8.70. The van der Waals surface area contributed by atoms with Crippen molar-refractivity contribution in [3.05, 3.63) is 0 Å². The zero-order valence-corrected chi connectivity index (χ0v) is 14.2. The van der Waals surface area contributed by atoms with Crippen molar-refractivity contribution in [2.45, 2.75) is 51.0 Å². The molecule has 1 aliphatic heterocycles. The summed E-state index contributed by atoms with van der Waals surface area (Å²) in [4.78, 5) is 24.7. The Morgan fingerprint density at radius 1 is 1.45 bits per heavy atom. The second-order valence-electron chi connectivity index (χ2n) is 6.74. The van der Waals surface area contributed by atoms with Gasteiger partial charge in [-0.1, -0.05) is 20.8 Å². The number of carbonyl (C=O) groups is 2. The van der Waals surface area contributed by atoms with Gasteiger partial charge in [-0.15, -0.1) is 0 Å². The molecule has 0 radical (unpaired) electrons. The van der Waals surface area contributed by atoms with E-state index in [9.17, 15) is 9.59 Å². The summed E-state index contributed by atoms with van der Waals surface area (Å²) in [5.41, 5.74) is 5.93. The van der Waals surface area contributed by atoms with Crippen molar-refractivity contribution in [3.63, 3.8) is 0 Å². The molecule has 0 aromatic heterocycles. The molecule has 20 heavy (non-hydrogen) atoms.